The Bertz CT molecular complexity index is 1270. The van der Waals surface area contributed by atoms with Crippen molar-refractivity contribution in [3.05, 3.63) is 94.5 Å². The van der Waals surface area contributed by atoms with Crippen LogP contribution >= 0.6 is 11.6 Å². The van der Waals surface area contributed by atoms with Gasteiger partial charge < -0.3 is 10.2 Å². The molecule has 0 spiro atoms. The van der Waals surface area contributed by atoms with Gasteiger partial charge in [-0.25, -0.2) is 4.98 Å². The van der Waals surface area contributed by atoms with Gasteiger partial charge in [0.1, 0.15) is 5.82 Å². The molecule has 0 radical (unpaired) electrons. The Hall–Kier alpha value is -3.37. The van der Waals surface area contributed by atoms with E-state index in [0.717, 1.165) is 30.0 Å². The number of aromatic nitrogens is 1. The van der Waals surface area contributed by atoms with E-state index in [1.165, 1.54) is 16.5 Å². The Labute approximate surface area is 180 Å². The number of anilines is 3. The largest absolute Gasteiger partial charge is 0.326 e. The van der Waals surface area contributed by atoms with Crippen molar-refractivity contribution >= 4 is 45.6 Å². The van der Waals surface area contributed by atoms with Gasteiger partial charge in [-0.3, -0.25) is 4.79 Å². The highest BCUT2D eigenvalue weighted by Gasteiger charge is 2.23. The maximum Gasteiger partial charge on any atom is 0.255 e. The molecule has 4 nitrogen and oxygen atoms in total. The number of halogens is 1. The van der Waals surface area contributed by atoms with Crippen molar-refractivity contribution in [1.82, 2.24) is 4.98 Å². The van der Waals surface area contributed by atoms with Gasteiger partial charge in [-0.1, -0.05) is 29.8 Å². The maximum atomic E-state index is 12.6. The number of carbonyl (C=O) groups excluding carboxylic acids is 1. The Balaban J connectivity index is 1.40. The van der Waals surface area contributed by atoms with E-state index < -0.39 is 0 Å². The second-order valence-corrected chi connectivity index (χ2v) is 8.02. The second kappa shape index (κ2) is 7.47. The molecule has 0 saturated carbocycles. The molecule has 0 unspecified atom stereocenters. The fourth-order valence-corrected chi connectivity index (χ4v) is 4.07. The smallest absolute Gasteiger partial charge is 0.255 e. The van der Waals surface area contributed by atoms with Crippen molar-refractivity contribution in [2.24, 2.45) is 0 Å². The van der Waals surface area contributed by atoms with E-state index >= 15 is 0 Å². The average Bonchev–Trinajstić information content (AvgIpc) is 3.15. The predicted octanol–water partition coefficient (Wildman–Crippen LogP) is 6.14. The summed E-state index contributed by atoms with van der Waals surface area (Å²) in [4.78, 5) is 19.7. The fourth-order valence-electron chi connectivity index (χ4n) is 3.88. The molecule has 5 rings (SSSR count). The molecule has 30 heavy (non-hydrogen) atoms. The van der Waals surface area contributed by atoms with Crippen LogP contribution in [0, 0.1) is 6.92 Å². The van der Waals surface area contributed by atoms with Gasteiger partial charge in [0.25, 0.3) is 5.91 Å². The van der Waals surface area contributed by atoms with Crippen LogP contribution in [0.15, 0.2) is 72.8 Å². The Morgan fingerprint density at radius 1 is 1.03 bits per heavy atom. The molecule has 1 aliphatic rings. The van der Waals surface area contributed by atoms with Crippen LogP contribution in [0.1, 0.15) is 21.5 Å². The van der Waals surface area contributed by atoms with Crippen LogP contribution < -0.4 is 10.2 Å². The zero-order valence-corrected chi connectivity index (χ0v) is 17.3. The van der Waals surface area contributed by atoms with Crippen molar-refractivity contribution in [1.29, 1.82) is 0 Å². The number of rotatable bonds is 3. The van der Waals surface area contributed by atoms with E-state index in [1.807, 2.05) is 36.4 Å². The molecule has 0 aliphatic carbocycles. The number of hydrogen-bond acceptors (Lipinski definition) is 3. The lowest BCUT2D eigenvalue weighted by Crippen LogP contribution is -2.15. The number of nitrogens with zero attached hydrogens (tertiary/aromatic N) is 2. The van der Waals surface area contributed by atoms with Gasteiger partial charge in [0.05, 0.1) is 5.52 Å². The van der Waals surface area contributed by atoms with Crippen molar-refractivity contribution in [2.75, 3.05) is 16.8 Å². The number of pyridine rings is 1. The van der Waals surface area contributed by atoms with Gasteiger partial charge >= 0.3 is 0 Å². The molecule has 0 atom stereocenters. The van der Waals surface area contributed by atoms with E-state index in [-0.39, 0.29) is 5.91 Å². The van der Waals surface area contributed by atoms with Crippen molar-refractivity contribution in [3.63, 3.8) is 0 Å². The van der Waals surface area contributed by atoms with E-state index in [1.54, 1.807) is 12.1 Å². The molecule has 1 amide bonds. The minimum Gasteiger partial charge on any atom is -0.326 e. The van der Waals surface area contributed by atoms with Crippen LogP contribution in [0.4, 0.5) is 17.2 Å². The summed E-state index contributed by atoms with van der Waals surface area (Å²) >= 11 is 5.99. The van der Waals surface area contributed by atoms with E-state index in [0.29, 0.717) is 16.3 Å². The third kappa shape index (κ3) is 3.51. The summed E-state index contributed by atoms with van der Waals surface area (Å²) in [6.07, 6.45) is 0.961. The molecule has 0 bridgehead atoms. The number of amides is 1. The van der Waals surface area contributed by atoms with Crippen LogP contribution in [0.25, 0.3) is 10.9 Å². The minimum atomic E-state index is -0.162. The molecule has 148 valence electrons. The molecule has 0 fully saturated rings. The highest BCUT2D eigenvalue weighted by molar-refractivity contribution is 6.31. The zero-order valence-electron chi connectivity index (χ0n) is 16.5. The van der Waals surface area contributed by atoms with Gasteiger partial charge in [0.2, 0.25) is 0 Å². The molecule has 3 aromatic carbocycles. The summed E-state index contributed by atoms with van der Waals surface area (Å²) in [5.41, 5.74) is 5.78. The summed E-state index contributed by atoms with van der Waals surface area (Å²) in [6.45, 7) is 2.96. The first-order valence-corrected chi connectivity index (χ1v) is 10.3. The quantitative estimate of drug-likeness (QED) is 0.438. The Morgan fingerprint density at radius 2 is 1.87 bits per heavy atom. The SMILES string of the molecule is Cc1ccc2cc3c(nc2c1)N(c1ccc(C(=O)Nc2cccc(Cl)c2)cc1)CC3. The fraction of sp³-hybridized carbons (Fsp3) is 0.120. The number of fused-ring (bicyclic) bond motifs is 2. The normalized spacial score (nSPS) is 12.8. The maximum absolute atomic E-state index is 12.6. The Kier molecular flexibility index (Phi) is 4.64. The topological polar surface area (TPSA) is 45.2 Å². The lowest BCUT2D eigenvalue weighted by Gasteiger charge is -2.19. The molecule has 1 N–H and O–H groups in total. The van der Waals surface area contributed by atoms with Gasteiger partial charge in [-0.05, 0) is 79.1 Å². The first kappa shape index (κ1) is 18.6. The summed E-state index contributed by atoms with van der Waals surface area (Å²) < 4.78 is 0. The van der Waals surface area contributed by atoms with Gasteiger partial charge in [-0.15, -0.1) is 0 Å². The first-order chi connectivity index (χ1) is 14.6. The molecule has 5 heteroatoms. The zero-order chi connectivity index (χ0) is 20.7. The van der Waals surface area contributed by atoms with E-state index in [9.17, 15) is 4.79 Å². The van der Waals surface area contributed by atoms with Crippen LogP contribution in [0.2, 0.25) is 5.02 Å². The lowest BCUT2D eigenvalue weighted by atomic mass is 10.1. The molecular weight excluding hydrogens is 394 g/mol. The predicted molar refractivity (Wildman–Crippen MR) is 123 cm³/mol. The molecule has 0 saturated heterocycles. The summed E-state index contributed by atoms with van der Waals surface area (Å²) in [5, 5.41) is 4.64. The van der Waals surface area contributed by atoms with Crippen molar-refractivity contribution in [3.8, 4) is 0 Å². The second-order valence-electron chi connectivity index (χ2n) is 7.58. The molecule has 2 heterocycles. The number of nitrogens with one attached hydrogen (secondary N) is 1. The van der Waals surface area contributed by atoms with Gasteiger partial charge in [0.15, 0.2) is 0 Å². The monoisotopic (exact) mass is 413 g/mol. The van der Waals surface area contributed by atoms with E-state index in [4.69, 9.17) is 16.6 Å². The van der Waals surface area contributed by atoms with E-state index in [2.05, 4.69) is 41.4 Å². The van der Waals surface area contributed by atoms with Gasteiger partial charge in [0, 0.05) is 33.9 Å². The highest BCUT2D eigenvalue weighted by Crippen LogP contribution is 2.35. The molecule has 1 aliphatic heterocycles. The third-order valence-corrected chi connectivity index (χ3v) is 5.65. The van der Waals surface area contributed by atoms with Crippen molar-refractivity contribution in [2.45, 2.75) is 13.3 Å². The standard InChI is InChI=1S/C25H20ClN3O/c1-16-5-6-18-14-19-11-12-29(24(19)28-23(18)13-16)22-9-7-17(8-10-22)25(30)27-21-4-2-3-20(26)15-21/h2-10,13-15H,11-12H2,1H3,(H,27,30). The molecular formula is C25H20ClN3O. The Morgan fingerprint density at radius 3 is 2.67 bits per heavy atom. The number of benzene rings is 3. The average molecular weight is 414 g/mol. The lowest BCUT2D eigenvalue weighted by molar-refractivity contribution is 0.102. The van der Waals surface area contributed by atoms with Crippen LogP contribution in [-0.2, 0) is 6.42 Å². The highest BCUT2D eigenvalue weighted by atomic mass is 35.5. The first-order valence-electron chi connectivity index (χ1n) is 9.92. The summed E-state index contributed by atoms with van der Waals surface area (Å²) in [5.74, 6) is 0.842. The van der Waals surface area contributed by atoms with Crippen LogP contribution in [0.3, 0.4) is 0 Å². The van der Waals surface area contributed by atoms with Crippen molar-refractivity contribution < 1.29 is 4.79 Å². The molecule has 4 aromatic rings. The summed E-state index contributed by atoms with van der Waals surface area (Å²) in [6, 6.07) is 23.4. The number of hydrogen-bond donors (Lipinski definition) is 1. The minimum absolute atomic E-state index is 0.162. The van der Waals surface area contributed by atoms with Crippen LogP contribution in [0.5, 0.6) is 0 Å². The molecule has 1 aromatic heterocycles. The third-order valence-electron chi connectivity index (χ3n) is 5.41. The summed E-state index contributed by atoms with van der Waals surface area (Å²) in [7, 11) is 0. The number of aryl methyl sites for hydroxylation is 1. The van der Waals surface area contributed by atoms with Crippen LogP contribution in [-0.4, -0.2) is 17.4 Å². The number of carbonyl (C=O) groups is 1. The van der Waals surface area contributed by atoms with Gasteiger partial charge in [-0.2, -0.15) is 0 Å².